The number of nitrogens with zero attached hydrogens (tertiary/aromatic N) is 6. The molecular weight excluding hydrogens is 376 g/mol. The zero-order valence-corrected chi connectivity index (χ0v) is 15.9. The lowest BCUT2D eigenvalue weighted by Crippen LogP contribution is -2.46. The van der Waals surface area contributed by atoms with E-state index in [0.717, 1.165) is 43.2 Å². The van der Waals surface area contributed by atoms with Crippen LogP contribution in [-0.4, -0.2) is 84.2 Å². The van der Waals surface area contributed by atoms with E-state index in [9.17, 15) is 0 Å². The average molecular weight is 400 g/mol. The molecule has 0 amide bonds. The minimum absolute atomic E-state index is 0.140. The number of carbonyl (C=O) groups is 1. The van der Waals surface area contributed by atoms with Gasteiger partial charge in [0.25, 0.3) is 6.47 Å². The quantitative estimate of drug-likeness (QED) is 0.614. The van der Waals surface area contributed by atoms with Crippen molar-refractivity contribution in [3.63, 3.8) is 0 Å². The lowest BCUT2D eigenvalue weighted by atomic mass is 10.1. The molecule has 5 heterocycles. The van der Waals surface area contributed by atoms with Gasteiger partial charge >= 0.3 is 0 Å². The molecule has 2 fully saturated rings. The van der Waals surface area contributed by atoms with Crippen LogP contribution in [-0.2, 0) is 9.53 Å². The topological polar surface area (TPSA) is 118 Å². The number of carboxylic acid groups (broad SMARTS) is 1. The Morgan fingerprint density at radius 3 is 2.90 bits per heavy atom. The van der Waals surface area contributed by atoms with Gasteiger partial charge in [0, 0.05) is 56.6 Å². The molecule has 0 unspecified atom stereocenters. The number of morpholine rings is 1. The van der Waals surface area contributed by atoms with Crippen LogP contribution in [0.4, 0.5) is 0 Å². The third-order valence-corrected chi connectivity index (χ3v) is 5.50. The van der Waals surface area contributed by atoms with Crippen molar-refractivity contribution in [2.45, 2.75) is 31.0 Å². The van der Waals surface area contributed by atoms with Crippen LogP contribution in [0.3, 0.4) is 0 Å². The van der Waals surface area contributed by atoms with Gasteiger partial charge in [-0.15, -0.1) is 0 Å². The highest BCUT2D eigenvalue weighted by atomic mass is 16.5. The van der Waals surface area contributed by atoms with E-state index in [1.165, 1.54) is 0 Å². The molecule has 0 saturated carbocycles. The monoisotopic (exact) mass is 400 g/mol. The van der Waals surface area contributed by atoms with Crippen LogP contribution in [0.15, 0.2) is 37.1 Å². The number of aromatic nitrogens is 5. The first-order valence-electron chi connectivity index (χ1n) is 9.61. The fourth-order valence-corrected chi connectivity index (χ4v) is 4.24. The van der Waals surface area contributed by atoms with Gasteiger partial charge in [-0.3, -0.25) is 9.69 Å². The van der Waals surface area contributed by atoms with Crippen LogP contribution in [0.1, 0.15) is 18.9 Å². The van der Waals surface area contributed by atoms with E-state index in [0.29, 0.717) is 18.5 Å². The van der Waals surface area contributed by atoms with Gasteiger partial charge in [-0.25, -0.2) is 14.5 Å². The minimum Gasteiger partial charge on any atom is -0.483 e. The second-order valence-corrected chi connectivity index (χ2v) is 7.17. The van der Waals surface area contributed by atoms with Gasteiger partial charge in [0.1, 0.15) is 5.82 Å². The van der Waals surface area contributed by atoms with Gasteiger partial charge in [0.05, 0.1) is 24.5 Å². The molecule has 0 aromatic carbocycles. The Labute approximate surface area is 167 Å². The van der Waals surface area contributed by atoms with E-state index in [1.807, 2.05) is 24.7 Å². The number of imidazole rings is 1. The normalized spacial score (nSPS) is 24.1. The summed E-state index contributed by atoms with van der Waals surface area (Å²) in [5.74, 6) is 0.913. The molecule has 0 bridgehead atoms. The number of hydrogen-bond donors (Lipinski definition) is 2. The van der Waals surface area contributed by atoms with E-state index in [-0.39, 0.29) is 19.2 Å². The summed E-state index contributed by atoms with van der Waals surface area (Å²) in [5, 5.41) is 20.4. The number of fused-ring (bicyclic) bond motifs is 2. The van der Waals surface area contributed by atoms with Gasteiger partial charge < -0.3 is 19.5 Å². The van der Waals surface area contributed by atoms with E-state index in [4.69, 9.17) is 19.7 Å². The summed E-state index contributed by atoms with van der Waals surface area (Å²) in [6, 6.07) is 2.66. The van der Waals surface area contributed by atoms with Crippen molar-refractivity contribution in [2.75, 3.05) is 26.3 Å². The molecule has 154 valence electrons. The fraction of sp³-hybridized carbons (Fsp3) is 0.474. The summed E-state index contributed by atoms with van der Waals surface area (Å²) >= 11 is 0. The molecule has 2 aliphatic heterocycles. The second-order valence-electron chi connectivity index (χ2n) is 7.17. The van der Waals surface area contributed by atoms with Crippen LogP contribution < -0.4 is 0 Å². The van der Waals surface area contributed by atoms with E-state index < -0.39 is 0 Å². The van der Waals surface area contributed by atoms with Crippen molar-refractivity contribution in [2.24, 2.45) is 0 Å². The minimum atomic E-state index is -0.250. The molecule has 5 rings (SSSR count). The molecule has 2 aliphatic rings. The predicted octanol–water partition coefficient (Wildman–Crippen LogP) is 0.690. The molecule has 2 N–H and O–H groups in total. The SMILES string of the molecule is O=CO.OCC[C@H]1CN2C[C@@H](n3ccnc3-c3cnn4cccnc34)C[C@H]2CO1. The van der Waals surface area contributed by atoms with Gasteiger partial charge in [-0.05, 0) is 18.9 Å². The number of rotatable bonds is 4. The molecule has 29 heavy (non-hydrogen) atoms. The summed E-state index contributed by atoms with van der Waals surface area (Å²) in [5.41, 5.74) is 1.77. The molecule has 0 spiro atoms. The Balaban J connectivity index is 0.000000645. The van der Waals surface area contributed by atoms with Crippen LogP contribution in [0.5, 0.6) is 0 Å². The number of ether oxygens (including phenoxy) is 1. The smallest absolute Gasteiger partial charge is 0.290 e. The summed E-state index contributed by atoms with van der Waals surface area (Å²) in [7, 11) is 0. The largest absolute Gasteiger partial charge is 0.483 e. The number of aliphatic hydroxyl groups excluding tert-OH is 1. The number of hydrogen-bond acceptors (Lipinski definition) is 7. The zero-order chi connectivity index (χ0) is 20.2. The molecule has 2 saturated heterocycles. The van der Waals surface area contributed by atoms with E-state index in [1.54, 1.807) is 10.7 Å². The number of aliphatic hydroxyl groups is 1. The lowest BCUT2D eigenvalue weighted by Gasteiger charge is -2.34. The van der Waals surface area contributed by atoms with Crippen molar-refractivity contribution >= 4 is 12.1 Å². The third-order valence-electron chi connectivity index (χ3n) is 5.50. The summed E-state index contributed by atoms with van der Waals surface area (Å²) < 4.78 is 9.94. The Morgan fingerprint density at radius 1 is 1.21 bits per heavy atom. The Kier molecular flexibility index (Phi) is 5.84. The predicted molar refractivity (Wildman–Crippen MR) is 103 cm³/mol. The summed E-state index contributed by atoms with van der Waals surface area (Å²) in [4.78, 5) is 19.9. The highest BCUT2D eigenvalue weighted by Gasteiger charge is 2.38. The van der Waals surface area contributed by atoms with Crippen molar-refractivity contribution < 1.29 is 19.7 Å². The molecule has 3 aromatic heterocycles. The second kappa shape index (κ2) is 8.68. The lowest BCUT2D eigenvalue weighted by molar-refractivity contribution is -0.122. The molecule has 0 aliphatic carbocycles. The van der Waals surface area contributed by atoms with Crippen LogP contribution in [0, 0.1) is 0 Å². The van der Waals surface area contributed by atoms with Crippen molar-refractivity contribution in [3.8, 4) is 11.4 Å². The van der Waals surface area contributed by atoms with Gasteiger partial charge in [-0.1, -0.05) is 0 Å². The summed E-state index contributed by atoms with van der Waals surface area (Å²) in [6.07, 6.45) is 11.3. The third kappa shape index (κ3) is 3.86. The van der Waals surface area contributed by atoms with Gasteiger partial charge in [0.15, 0.2) is 5.65 Å². The molecule has 10 heteroatoms. The Morgan fingerprint density at radius 2 is 2.07 bits per heavy atom. The Hall–Kier alpha value is -2.82. The van der Waals surface area contributed by atoms with E-state index >= 15 is 0 Å². The maximum Gasteiger partial charge on any atom is 0.290 e. The standard InChI is InChI=1S/C18H22N6O2.CH2O2/c25-7-2-15-11-22-10-13(8-14(22)12-26-15)23-6-4-20-17(23)16-9-21-24-5-1-3-19-18(16)24;2-1-3/h1,3-6,9,13-15,25H,2,7-8,10-12H2;1H,(H,2,3)/t13-,14-,15-;/m0./s1. The fourth-order valence-electron chi connectivity index (χ4n) is 4.24. The van der Waals surface area contributed by atoms with Crippen molar-refractivity contribution in [3.05, 3.63) is 37.1 Å². The van der Waals surface area contributed by atoms with Gasteiger partial charge in [-0.2, -0.15) is 5.10 Å². The van der Waals surface area contributed by atoms with Crippen LogP contribution in [0.25, 0.3) is 17.0 Å². The van der Waals surface area contributed by atoms with Crippen molar-refractivity contribution in [1.29, 1.82) is 0 Å². The van der Waals surface area contributed by atoms with E-state index in [2.05, 4.69) is 30.7 Å². The maximum atomic E-state index is 9.17. The average Bonchev–Trinajstić information content (AvgIpc) is 3.45. The maximum absolute atomic E-state index is 9.17. The molecular formula is C19H24N6O4. The van der Waals surface area contributed by atoms with Crippen molar-refractivity contribution in [1.82, 2.24) is 29.0 Å². The van der Waals surface area contributed by atoms with Crippen LogP contribution >= 0.6 is 0 Å². The molecule has 10 nitrogen and oxygen atoms in total. The highest BCUT2D eigenvalue weighted by molar-refractivity contribution is 5.72. The highest BCUT2D eigenvalue weighted by Crippen LogP contribution is 2.34. The molecule has 0 radical (unpaired) electrons. The first kappa shape index (κ1) is 19.5. The zero-order valence-electron chi connectivity index (χ0n) is 15.9. The first-order chi connectivity index (χ1) is 14.2. The molecule has 3 atom stereocenters. The first-order valence-corrected chi connectivity index (χ1v) is 9.61. The Bertz CT molecular complexity index is 957. The molecule has 3 aromatic rings. The summed E-state index contributed by atoms with van der Waals surface area (Å²) in [6.45, 7) is 2.54. The van der Waals surface area contributed by atoms with Gasteiger partial charge in [0.2, 0.25) is 0 Å². The van der Waals surface area contributed by atoms with Crippen LogP contribution in [0.2, 0.25) is 0 Å².